The zero-order valence-electron chi connectivity index (χ0n) is 15.1. The Balaban J connectivity index is 1.52. The standard InChI is InChI=1S/C21H21N3O2S/c1-24(14-17-10-6-3-7-11-17)20(26)18-15-27-21(22-18)23-19(25)13-12-16-8-4-2-5-9-16/h2-11,15H,12-14H2,1H3,(H,22,23,25). The number of aryl methyl sites for hydroxylation is 1. The van der Waals surface area contributed by atoms with Gasteiger partial charge < -0.3 is 10.2 Å². The first kappa shape index (κ1) is 18.8. The number of nitrogens with zero attached hydrogens (tertiary/aromatic N) is 2. The smallest absolute Gasteiger partial charge is 0.273 e. The van der Waals surface area contributed by atoms with Gasteiger partial charge in [0.2, 0.25) is 5.91 Å². The molecule has 0 fully saturated rings. The van der Waals surface area contributed by atoms with Gasteiger partial charge in [0, 0.05) is 25.4 Å². The van der Waals surface area contributed by atoms with Gasteiger partial charge in [-0.15, -0.1) is 11.3 Å². The third-order valence-electron chi connectivity index (χ3n) is 4.06. The van der Waals surface area contributed by atoms with Crippen LogP contribution in [0.15, 0.2) is 66.0 Å². The van der Waals surface area contributed by atoms with E-state index in [-0.39, 0.29) is 11.8 Å². The molecule has 5 nitrogen and oxygen atoms in total. The van der Waals surface area contributed by atoms with Crippen LogP contribution in [0.1, 0.15) is 28.0 Å². The first-order chi connectivity index (χ1) is 13.1. The van der Waals surface area contributed by atoms with Crippen LogP contribution in [0, 0.1) is 0 Å². The van der Waals surface area contributed by atoms with Crippen LogP contribution in [0.5, 0.6) is 0 Å². The van der Waals surface area contributed by atoms with Crippen molar-refractivity contribution >= 4 is 28.3 Å². The summed E-state index contributed by atoms with van der Waals surface area (Å²) in [5.74, 6) is -0.273. The van der Waals surface area contributed by atoms with Crippen molar-refractivity contribution in [2.75, 3.05) is 12.4 Å². The summed E-state index contributed by atoms with van der Waals surface area (Å²) >= 11 is 1.26. The number of benzene rings is 2. The van der Waals surface area contributed by atoms with Gasteiger partial charge in [-0.3, -0.25) is 9.59 Å². The molecule has 138 valence electrons. The normalized spacial score (nSPS) is 10.4. The lowest BCUT2D eigenvalue weighted by molar-refractivity contribution is -0.116. The predicted molar refractivity (Wildman–Crippen MR) is 108 cm³/mol. The monoisotopic (exact) mass is 379 g/mol. The Morgan fingerprint density at radius 3 is 2.30 bits per heavy atom. The van der Waals surface area contributed by atoms with Crippen LogP contribution in [-0.2, 0) is 17.8 Å². The Morgan fingerprint density at radius 1 is 1.00 bits per heavy atom. The Bertz CT molecular complexity index is 894. The fraction of sp³-hybridized carbons (Fsp3) is 0.190. The van der Waals surface area contributed by atoms with Crippen molar-refractivity contribution in [1.29, 1.82) is 0 Å². The largest absolute Gasteiger partial charge is 0.336 e. The predicted octanol–water partition coefficient (Wildman–Crippen LogP) is 3.99. The fourth-order valence-corrected chi connectivity index (χ4v) is 3.34. The highest BCUT2D eigenvalue weighted by atomic mass is 32.1. The molecule has 0 saturated carbocycles. The number of anilines is 1. The molecule has 0 saturated heterocycles. The van der Waals surface area contributed by atoms with Crippen molar-refractivity contribution in [1.82, 2.24) is 9.88 Å². The van der Waals surface area contributed by atoms with E-state index in [2.05, 4.69) is 10.3 Å². The van der Waals surface area contributed by atoms with Crippen LogP contribution >= 0.6 is 11.3 Å². The molecule has 0 bridgehead atoms. The van der Waals surface area contributed by atoms with Gasteiger partial charge in [-0.05, 0) is 17.5 Å². The van der Waals surface area contributed by atoms with E-state index < -0.39 is 0 Å². The number of rotatable bonds is 7. The fourth-order valence-electron chi connectivity index (χ4n) is 2.64. The minimum atomic E-state index is -0.167. The summed E-state index contributed by atoms with van der Waals surface area (Å²) in [6, 6.07) is 19.6. The van der Waals surface area contributed by atoms with Crippen LogP contribution in [0.4, 0.5) is 5.13 Å². The zero-order valence-corrected chi connectivity index (χ0v) is 15.9. The molecule has 0 spiro atoms. The minimum absolute atomic E-state index is 0.107. The van der Waals surface area contributed by atoms with Crippen molar-refractivity contribution < 1.29 is 9.59 Å². The maximum atomic E-state index is 12.5. The molecular formula is C21H21N3O2S. The van der Waals surface area contributed by atoms with Gasteiger partial charge in [0.15, 0.2) is 5.13 Å². The number of carbonyl (C=O) groups is 2. The molecule has 2 amide bonds. The van der Waals surface area contributed by atoms with Crippen molar-refractivity contribution in [2.45, 2.75) is 19.4 Å². The van der Waals surface area contributed by atoms with Crippen LogP contribution in [0.2, 0.25) is 0 Å². The topological polar surface area (TPSA) is 62.3 Å². The van der Waals surface area contributed by atoms with Gasteiger partial charge in [-0.1, -0.05) is 60.7 Å². The Labute approximate surface area is 162 Å². The third-order valence-corrected chi connectivity index (χ3v) is 4.82. The van der Waals surface area contributed by atoms with E-state index in [1.807, 2.05) is 60.7 Å². The number of hydrogen-bond donors (Lipinski definition) is 1. The summed E-state index contributed by atoms with van der Waals surface area (Å²) in [5.41, 5.74) is 2.51. The number of amides is 2. The van der Waals surface area contributed by atoms with E-state index in [4.69, 9.17) is 0 Å². The lowest BCUT2D eigenvalue weighted by atomic mass is 10.1. The lowest BCUT2D eigenvalue weighted by Crippen LogP contribution is -2.26. The molecule has 6 heteroatoms. The van der Waals surface area contributed by atoms with E-state index in [9.17, 15) is 9.59 Å². The van der Waals surface area contributed by atoms with Crippen LogP contribution in [-0.4, -0.2) is 28.7 Å². The maximum Gasteiger partial charge on any atom is 0.273 e. The molecule has 0 radical (unpaired) electrons. The zero-order chi connectivity index (χ0) is 19.1. The molecule has 0 unspecified atom stereocenters. The number of thiazole rings is 1. The highest BCUT2D eigenvalue weighted by molar-refractivity contribution is 7.14. The third kappa shape index (κ3) is 5.49. The van der Waals surface area contributed by atoms with Gasteiger partial charge >= 0.3 is 0 Å². The number of carbonyl (C=O) groups excluding carboxylic acids is 2. The highest BCUT2D eigenvalue weighted by Gasteiger charge is 2.16. The summed E-state index contributed by atoms with van der Waals surface area (Å²) in [5, 5.41) is 4.90. The van der Waals surface area contributed by atoms with E-state index in [1.54, 1.807) is 17.3 Å². The SMILES string of the molecule is CN(Cc1ccccc1)C(=O)c1csc(NC(=O)CCc2ccccc2)n1. The van der Waals surface area contributed by atoms with Crippen LogP contribution in [0.3, 0.4) is 0 Å². The van der Waals surface area contributed by atoms with Crippen molar-refractivity contribution in [2.24, 2.45) is 0 Å². The average Bonchev–Trinajstić information content (AvgIpc) is 3.15. The van der Waals surface area contributed by atoms with E-state index >= 15 is 0 Å². The minimum Gasteiger partial charge on any atom is -0.336 e. The Morgan fingerprint density at radius 2 is 1.63 bits per heavy atom. The summed E-state index contributed by atoms with van der Waals surface area (Å²) in [6.45, 7) is 0.510. The molecule has 3 aromatic rings. The summed E-state index contributed by atoms with van der Waals surface area (Å²) in [4.78, 5) is 30.5. The second kappa shape index (κ2) is 9.09. The highest BCUT2D eigenvalue weighted by Crippen LogP contribution is 2.18. The van der Waals surface area contributed by atoms with Crippen LogP contribution in [0.25, 0.3) is 0 Å². The molecule has 2 aromatic carbocycles. The molecule has 0 aliphatic heterocycles. The van der Waals surface area contributed by atoms with Crippen molar-refractivity contribution in [3.8, 4) is 0 Å². The second-order valence-electron chi connectivity index (χ2n) is 6.22. The van der Waals surface area contributed by atoms with Gasteiger partial charge in [0.1, 0.15) is 5.69 Å². The molecule has 0 aliphatic carbocycles. The summed E-state index contributed by atoms with van der Waals surface area (Å²) in [7, 11) is 1.74. The van der Waals surface area contributed by atoms with Gasteiger partial charge in [0.25, 0.3) is 5.91 Å². The summed E-state index contributed by atoms with van der Waals surface area (Å²) in [6.07, 6.45) is 1.05. The number of aromatic nitrogens is 1. The maximum absolute atomic E-state index is 12.5. The average molecular weight is 379 g/mol. The molecule has 0 atom stereocenters. The molecule has 0 aliphatic rings. The molecular weight excluding hydrogens is 358 g/mol. The summed E-state index contributed by atoms with van der Waals surface area (Å²) < 4.78 is 0. The van der Waals surface area contributed by atoms with Crippen LogP contribution < -0.4 is 5.32 Å². The van der Waals surface area contributed by atoms with Crippen molar-refractivity contribution in [3.05, 3.63) is 82.9 Å². The molecule has 3 rings (SSSR count). The number of hydrogen-bond acceptors (Lipinski definition) is 4. The molecule has 1 heterocycles. The quantitative estimate of drug-likeness (QED) is 0.675. The van der Waals surface area contributed by atoms with Gasteiger partial charge in [-0.2, -0.15) is 0 Å². The first-order valence-corrected chi connectivity index (χ1v) is 9.58. The van der Waals surface area contributed by atoms with E-state index in [1.165, 1.54) is 11.3 Å². The Kier molecular flexibility index (Phi) is 6.33. The first-order valence-electron chi connectivity index (χ1n) is 8.70. The molecule has 1 N–H and O–H groups in total. The van der Waals surface area contributed by atoms with Crippen molar-refractivity contribution in [3.63, 3.8) is 0 Å². The Hall–Kier alpha value is -2.99. The van der Waals surface area contributed by atoms with Gasteiger partial charge in [0.05, 0.1) is 0 Å². The molecule has 27 heavy (non-hydrogen) atoms. The van der Waals surface area contributed by atoms with E-state index in [0.717, 1.165) is 11.1 Å². The van der Waals surface area contributed by atoms with E-state index in [0.29, 0.717) is 30.2 Å². The lowest BCUT2D eigenvalue weighted by Gasteiger charge is -2.15. The number of nitrogens with one attached hydrogen (secondary N) is 1. The van der Waals surface area contributed by atoms with Gasteiger partial charge in [-0.25, -0.2) is 4.98 Å². The second-order valence-corrected chi connectivity index (χ2v) is 7.08. The molecule has 1 aromatic heterocycles.